The fourth-order valence-electron chi connectivity index (χ4n) is 1.40. The maximum absolute atomic E-state index is 8.55. The molecule has 0 atom stereocenters. The molecule has 17 heavy (non-hydrogen) atoms. The Hall–Kier alpha value is -0.940. The third-order valence-corrected chi connectivity index (χ3v) is 3.79. The van der Waals surface area contributed by atoms with Crippen molar-refractivity contribution in [2.75, 3.05) is 19.8 Å². The predicted molar refractivity (Wildman–Crippen MR) is 74.6 cm³/mol. The molecule has 0 aromatic carbocycles. The Labute approximate surface area is 109 Å². The molecule has 0 fully saturated rings. The molecule has 0 aliphatic carbocycles. The highest BCUT2D eigenvalue weighted by molar-refractivity contribution is 7.11. The fourth-order valence-corrected chi connectivity index (χ4v) is 2.90. The van der Waals surface area contributed by atoms with Gasteiger partial charge in [0.05, 0.1) is 19.8 Å². The second-order valence-corrected chi connectivity index (χ2v) is 5.17. The molecule has 2 nitrogen and oxygen atoms in total. The van der Waals surface area contributed by atoms with Crippen LogP contribution in [0.15, 0.2) is 34.3 Å². The van der Waals surface area contributed by atoms with Crippen molar-refractivity contribution in [2.24, 2.45) is 0 Å². The van der Waals surface area contributed by atoms with Crippen LogP contribution in [-0.2, 0) is 4.74 Å². The van der Waals surface area contributed by atoms with Gasteiger partial charge in [-0.05, 0) is 45.5 Å². The van der Waals surface area contributed by atoms with E-state index in [0.717, 1.165) is 0 Å². The highest BCUT2D eigenvalue weighted by Crippen LogP contribution is 2.27. The van der Waals surface area contributed by atoms with Gasteiger partial charge in [0.25, 0.3) is 0 Å². The third kappa shape index (κ3) is 3.78. The quantitative estimate of drug-likeness (QED) is 0.811. The van der Waals surface area contributed by atoms with E-state index in [4.69, 9.17) is 9.84 Å². The maximum Gasteiger partial charge on any atom is 0.0701 e. The lowest BCUT2D eigenvalue weighted by atomic mass is 10.2. The topological polar surface area (TPSA) is 29.5 Å². The molecule has 0 radical (unpaired) electrons. The average molecular weight is 266 g/mol. The van der Waals surface area contributed by atoms with Crippen molar-refractivity contribution >= 4 is 28.7 Å². The van der Waals surface area contributed by atoms with Gasteiger partial charge < -0.3 is 9.84 Å². The van der Waals surface area contributed by atoms with Crippen molar-refractivity contribution < 1.29 is 9.84 Å². The summed E-state index contributed by atoms with van der Waals surface area (Å²) in [7, 11) is 0. The summed E-state index contributed by atoms with van der Waals surface area (Å²) in [4.78, 5) is 1.22. The van der Waals surface area contributed by atoms with Gasteiger partial charge in [-0.2, -0.15) is 11.3 Å². The van der Waals surface area contributed by atoms with E-state index in [1.54, 1.807) is 22.7 Å². The van der Waals surface area contributed by atoms with Crippen LogP contribution in [0.3, 0.4) is 0 Å². The SMILES string of the molecule is OCCOC/C=C/c1cc(-c2ccsc2)cs1. The minimum absolute atomic E-state index is 0.0785. The van der Waals surface area contributed by atoms with Crippen LogP contribution >= 0.6 is 22.7 Å². The first-order chi connectivity index (χ1) is 8.40. The van der Waals surface area contributed by atoms with E-state index in [2.05, 4.69) is 34.3 Å². The second-order valence-electron chi connectivity index (χ2n) is 3.45. The lowest BCUT2D eigenvalue weighted by Crippen LogP contribution is -1.97. The zero-order valence-electron chi connectivity index (χ0n) is 9.33. The first-order valence-electron chi connectivity index (χ1n) is 5.36. The van der Waals surface area contributed by atoms with Crippen LogP contribution in [0.4, 0.5) is 0 Å². The Morgan fingerprint density at radius 2 is 2.24 bits per heavy atom. The van der Waals surface area contributed by atoms with Crippen LogP contribution in [0.1, 0.15) is 4.88 Å². The lowest BCUT2D eigenvalue weighted by molar-refractivity contribution is 0.112. The fraction of sp³-hybridized carbons (Fsp3) is 0.231. The molecule has 0 bridgehead atoms. The highest BCUT2D eigenvalue weighted by atomic mass is 32.1. The number of aliphatic hydroxyl groups is 1. The molecule has 0 unspecified atom stereocenters. The first-order valence-corrected chi connectivity index (χ1v) is 7.18. The Morgan fingerprint density at radius 3 is 3.00 bits per heavy atom. The van der Waals surface area contributed by atoms with Crippen molar-refractivity contribution in [3.05, 3.63) is 39.2 Å². The Balaban J connectivity index is 1.90. The summed E-state index contributed by atoms with van der Waals surface area (Å²) in [6.45, 7) is 1.02. The lowest BCUT2D eigenvalue weighted by Gasteiger charge is -1.94. The molecule has 2 aromatic rings. The predicted octanol–water partition coefficient (Wildman–Crippen LogP) is 3.50. The minimum Gasteiger partial charge on any atom is -0.394 e. The summed E-state index contributed by atoms with van der Waals surface area (Å²) in [5.41, 5.74) is 2.55. The summed E-state index contributed by atoms with van der Waals surface area (Å²) in [6, 6.07) is 4.31. The van der Waals surface area contributed by atoms with E-state index in [9.17, 15) is 0 Å². The number of hydrogen-bond acceptors (Lipinski definition) is 4. The van der Waals surface area contributed by atoms with Crippen LogP contribution in [0.2, 0.25) is 0 Å². The van der Waals surface area contributed by atoms with E-state index < -0.39 is 0 Å². The summed E-state index contributed by atoms with van der Waals surface area (Å²) < 4.78 is 5.15. The molecule has 0 amide bonds. The van der Waals surface area contributed by atoms with Gasteiger partial charge in [-0.1, -0.05) is 6.08 Å². The van der Waals surface area contributed by atoms with Crippen LogP contribution < -0.4 is 0 Å². The molecule has 0 saturated heterocycles. The van der Waals surface area contributed by atoms with Crippen molar-refractivity contribution in [2.45, 2.75) is 0 Å². The van der Waals surface area contributed by atoms with Gasteiger partial charge in [0, 0.05) is 4.88 Å². The summed E-state index contributed by atoms with van der Waals surface area (Å²) in [5, 5.41) is 14.9. The molecule has 90 valence electrons. The Kier molecular flexibility index (Phi) is 4.94. The normalized spacial score (nSPS) is 11.4. The smallest absolute Gasteiger partial charge is 0.0701 e. The van der Waals surface area contributed by atoms with E-state index >= 15 is 0 Å². The molecular weight excluding hydrogens is 252 g/mol. The van der Waals surface area contributed by atoms with E-state index in [-0.39, 0.29) is 6.61 Å². The molecule has 4 heteroatoms. The van der Waals surface area contributed by atoms with Gasteiger partial charge in [0.15, 0.2) is 0 Å². The monoisotopic (exact) mass is 266 g/mol. The summed E-state index contributed by atoms with van der Waals surface area (Å²) >= 11 is 3.44. The maximum atomic E-state index is 8.55. The average Bonchev–Trinajstić information content (AvgIpc) is 2.99. The molecule has 1 N–H and O–H groups in total. The first kappa shape index (κ1) is 12.5. The molecule has 0 aliphatic rings. The number of aliphatic hydroxyl groups excluding tert-OH is 1. The van der Waals surface area contributed by atoms with E-state index in [1.165, 1.54) is 16.0 Å². The van der Waals surface area contributed by atoms with Crippen LogP contribution in [0.25, 0.3) is 17.2 Å². The summed E-state index contributed by atoms with van der Waals surface area (Å²) in [6.07, 6.45) is 4.02. The molecule has 0 spiro atoms. The zero-order chi connectivity index (χ0) is 11.9. The number of rotatable bonds is 6. The van der Waals surface area contributed by atoms with Crippen molar-refractivity contribution in [3.8, 4) is 11.1 Å². The van der Waals surface area contributed by atoms with E-state index in [1.807, 2.05) is 6.08 Å². The number of hydrogen-bond donors (Lipinski definition) is 1. The van der Waals surface area contributed by atoms with Gasteiger partial charge >= 0.3 is 0 Å². The van der Waals surface area contributed by atoms with E-state index in [0.29, 0.717) is 13.2 Å². The third-order valence-electron chi connectivity index (χ3n) is 2.21. The van der Waals surface area contributed by atoms with Crippen molar-refractivity contribution in [3.63, 3.8) is 0 Å². The molecule has 2 rings (SSSR count). The molecule has 0 saturated carbocycles. The van der Waals surface area contributed by atoms with Gasteiger partial charge in [-0.15, -0.1) is 11.3 Å². The van der Waals surface area contributed by atoms with Gasteiger partial charge in [0.2, 0.25) is 0 Å². The van der Waals surface area contributed by atoms with Crippen LogP contribution in [0.5, 0.6) is 0 Å². The van der Waals surface area contributed by atoms with Crippen molar-refractivity contribution in [1.82, 2.24) is 0 Å². The molecular formula is C13H14O2S2. The van der Waals surface area contributed by atoms with Gasteiger partial charge in [-0.3, -0.25) is 0 Å². The van der Waals surface area contributed by atoms with Gasteiger partial charge in [-0.25, -0.2) is 0 Å². The number of ether oxygens (including phenoxy) is 1. The number of thiophene rings is 2. The standard InChI is InChI=1S/C13H14O2S2/c14-4-6-15-5-1-2-13-8-12(10-17-13)11-3-7-16-9-11/h1-3,7-10,14H,4-6H2/b2-1+. The Bertz CT molecular complexity index is 457. The zero-order valence-corrected chi connectivity index (χ0v) is 11.0. The van der Waals surface area contributed by atoms with Crippen LogP contribution in [-0.4, -0.2) is 24.9 Å². The minimum atomic E-state index is 0.0785. The molecule has 2 aromatic heterocycles. The second kappa shape index (κ2) is 6.71. The Morgan fingerprint density at radius 1 is 1.29 bits per heavy atom. The van der Waals surface area contributed by atoms with Crippen LogP contribution in [0, 0.1) is 0 Å². The molecule has 0 aliphatic heterocycles. The highest BCUT2D eigenvalue weighted by Gasteiger charge is 2.00. The largest absolute Gasteiger partial charge is 0.394 e. The molecule has 2 heterocycles. The van der Waals surface area contributed by atoms with Crippen molar-refractivity contribution in [1.29, 1.82) is 0 Å². The summed E-state index contributed by atoms with van der Waals surface area (Å²) in [5.74, 6) is 0. The van der Waals surface area contributed by atoms with Gasteiger partial charge in [0.1, 0.15) is 0 Å².